The van der Waals surface area contributed by atoms with E-state index in [2.05, 4.69) is 6.08 Å². The smallest absolute Gasteiger partial charge is 0.0515 e. The van der Waals surface area contributed by atoms with E-state index in [1.54, 1.807) is 6.08 Å². The minimum atomic E-state index is -0.206. The summed E-state index contributed by atoms with van der Waals surface area (Å²) in [5, 5.41) is 10.8. The van der Waals surface area contributed by atoms with Crippen LogP contribution in [-0.4, -0.2) is 0 Å². The molecule has 1 aliphatic carbocycles. The Hall–Kier alpha value is -1.18. The largest absolute Gasteiger partial charge is 0.584 e. The second-order valence-electron chi connectivity index (χ2n) is 2.79. The normalized spacial score (nSPS) is 28.2. The topological polar surface area (TPSA) is 32.3 Å². The van der Waals surface area contributed by atoms with Crippen molar-refractivity contribution in [2.24, 2.45) is 5.92 Å². The molecule has 0 saturated heterocycles. The van der Waals surface area contributed by atoms with Gasteiger partial charge in [0.2, 0.25) is 0 Å². The van der Waals surface area contributed by atoms with Crippen molar-refractivity contribution in [3.8, 4) is 0 Å². The third kappa shape index (κ3) is 1.16. The summed E-state index contributed by atoms with van der Waals surface area (Å²) in [4.78, 5) is 0. The SMILES string of the molecule is [O-]C1=CCC2CC=CC=C2O1. The molecule has 2 nitrogen and oxygen atoms in total. The molecular weight excluding hydrogens is 140 g/mol. The highest BCUT2D eigenvalue weighted by molar-refractivity contribution is 5.20. The van der Waals surface area contributed by atoms with Crippen LogP contribution in [-0.2, 0) is 4.74 Å². The van der Waals surface area contributed by atoms with Crippen LogP contribution in [0.15, 0.2) is 36.0 Å². The average Bonchev–Trinajstić information content (AvgIpc) is 2.04. The maximum Gasteiger partial charge on any atom is 0.0515 e. The summed E-state index contributed by atoms with van der Waals surface area (Å²) >= 11 is 0. The van der Waals surface area contributed by atoms with E-state index in [-0.39, 0.29) is 5.95 Å². The molecule has 58 valence electrons. The van der Waals surface area contributed by atoms with Crippen LogP contribution in [0.5, 0.6) is 0 Å². The van der Waals surface area contributed by atoms with Gasteiger partial charge in [-0.1, -0.05) is 24.3 Å². The van der Waals surface area contributed by atoms with Gasteiger partial charge in [-0.25, -0.2) is 0 Å². The predicted molar refractivity (Wildman–Crippen MR) is 39.1 cm³/mol. The fraction of sp³-hybridized carbons (Fsp3) is 0.333. The highest BCUT2D eigenvalue weighted by atomic mass is 16.6. The molecule has 1 unspecified atom stereocenters. The lowest BCUT2D eigenvalue weighted by molar-refractivity contribution is -0.354. The molecule has 0 saturated carbocycles. The van der Waals surface area contributed by atoms with E-state index >= 15 is 0 Å². The van der Waals surface area contributed by atoms with E-state index in [1.807, 2.05) is 12.2 Å². The van der Waals surface area contributed by atoms with Crippen molar-refractivity contribution >= 4 is 0 Å². The number of fused-ring (bicyclic) bond motifs is 1. The van der Waals surface area contributed by atoms with Crippen molar-refractivity contribution in [2.45, 2.75) is 12.8 Å². The number of allylic oxidation sites excluding steroid dienone is 5. The third-order valence-corrected chi connectivity index (χ3v) is 2.01. The van der Waals surface area contributed by atoms with Crippen LogP contribution >= 0.6 is 0 Å². The van der Waals surface area contributed by atoms with Gasteiger partial charge >= 0.3 is 0 Å². The molecule has 0 aromatic carbocycles. The zero-order chi connectivity index (χ0) is 7.68. The van der Waals surface area contributed by atoms with Crippen molar-refractivity contribution in [3.05, 3.63) is 36.0 Å². The van der Waals surface area contributed by atoms with Gasteiger partial charge in [0.1, 0.15) is 0 Å². The lowest BCUT2D eigenvalue weighted by Gasteiger charge is -2.32. The molecule has 0 radical (unpaired) electrons. The van der Waals surface area contributed by atoms with Crippen molar-refractivity contribution in [1.82, 2.24) is 0 Å². The first-order valence-corrected chi connectivity index (χ1v) is 3.78. The Labute approximate surface area is 65.5 Å². The minimum absolute atomic E-state index is 0.206. The van der Waals surface area contributed by atoms with Gasteiger partial charge in [0, 0.05) is 0 Å². The van der Waals surface area contributed by atoms with Crippen molar-refractivity contribution in [1.29, 1.82) is 0 Å². The van der Waals surface area contributed by atoms with E-state index < -0.39 is 0 Å². The fourth-order valence-corrected chi connectivity index (χ4v) is 1.38. The number of hydrogen-bond acceptors (Lipinski definition) is 2. The molecule has 2 heteroatoms. The Morgan fingerprint density at radius 3 is 3.27 bits per heavy atom. The number of ether oxygens (including phenoxy) is 1. The lowest BCUT2D eigenvalue weighted by Crippen LogP contribution is -2.19. The Morgan fingerprint density at radius 1 is 1.45 bits per heavy atom. The van der Waals surface area contributed by atoms with Gasteiger partial charge in [0.25, 0.3) is 0 Å². The van der Waals surface area contributed by atoms with E-state index in [0.29, 0.717) is 5.92 Å². The van der Waals surface area contributed by atoms with E-state index in [9.17, 15) is 5.11 Å². The molecule has 11 heavy (non-hydrogen) atoms. The van der Waals surface area contributed by atoms with Crippen molar-refractivity contribution in [2.75, 3.05) is 0 Å². The second-order valence-corrected chi connectivity index (χ2v) is 2.79. The lowest BCUT2D eigenvalue weighted by atomic mass is 9.94. The van der Waals surface area contributed by atoms with E-state index in [0.717, 1.165) is 18.6 Å². The zero-order valence-corrected chi connectivity index (χ0v) is 6.12. The second kappa shape index (κ2) is 2.46. The quantitative estimate of drug-likeness (QED) is 0.516. The average molecular weight is 149 g/mol. The fourth-order valence-electron chi connectivity index (χ4n) is 1.38. The summed E-state index contributed by atoms with van der Waals surface area (Å²) in [7, 11) is 0. The summed E-state index contributed by atoms with van der Waals surface area (Å²) in [6, 6.07) is 0. The number of rotatable bonds is 0. The van der Waals surface area contributed by atoms with Gasteiger partial charge < -0.3 is 9.84 Å². The molecule has 1 aliphatic heterocycles. The predicted octanol–water partition coefficient (Wildman–Crippen LogP) is 1.07. The van der Waals surface area contributed by atoms with Gasteiger partial charge in [-0.3, -0.25) is 0 Å². The van der Waals surface area contributed by atoms with Gasteiger partial charge in [0.05, 0.1) is 5.95 Å². The van der Waals surface area contributed by atoms with Crippen molar-refractivity contribution < 1.29 is 9.84 Å². The van der Waals surface area contributed by atoms with Crippen LogP contribution in [0.25, 0.3) is 0 Å². The zero-order valence-electron chi connectivity index (χ0n) is 6.12. The Kier molecular flexibility index (Phi) is 1.46. The van der Waals surface area contributed by atoms with Crippen LogP contribution in [0.4, 0.5) is 0 Å². The van der Waals surface area contributed by atoms with Crippen LogP contribution in [0.3, 0.4) is 0 Å². The Balaban J connectivity index is 2.23. The van der Waals surface area contributed by atoms with Crippen LogP contribution in [0.1, 0.15) is 12.8 Å². The first kappa shape index (κ1) is 6.53. The molecule has 0 spiro atoms. The Bertz CT molecular complexity index is 248. The standard InChI is InChI=1S/C9H10O2/c10-9-6-5-7-3-1-2-4-8(7)11-9/h1-2,4,6-7,10H,3,5H2/p-1. The van der Waals surface area contributed by atoms with Crippen LogP contribution in [0.2, 0.25) is 0 Å². The molecule has 1 atom stereocenters. The monoisotopic (exact) mass is 149 g/mol. The summed E-state index contributed by atoms with van der Waals surface area (Å²) < 4.78 is 5.01. The molecule has 0 bridgehead atoms. The summed E-state index contributed by atoms with van der Waals surface area (Å²) in [6.45, 7) is 0. The van der Waals surface area contributed by atoms with Gasteiger partial charge in [-0.05, 0) is 24.5 Å². The Morgan fingerprint density at radius 2 is 2.36 bits per heavy atom. The van der Waals surface area contributed by atoms with Gasteiger partial charge in [0.15, 0.2) is 0 Å². The first-order chi connectivity index (χ1) is 5.36. The molecule has 0 fully saturated rings. The maximum absolute atomic E-state index is 10.8. The van der Waals surface area contributed by atoms with Gasteiger partial charge in [-0.2, -0.15) is 0 Å². The van der Waals surface area contributed by atoms with E-state index in [1.165, 1.54) is 0 Å². The summed E-state index contributed by atoms with van der Waals surface area (Å²) in [5.74, 6) is 1.04. The third-order valence-electron chi connectivity index (χ3n) is 2.01. The minimum Gasteiger partial charge on any atom is -0.584 e. The molecule has 0 amide bonds. The first-order valence-electron chi connectivity index (χ1n) is 3.78. The highest BCUT2D eigenvalue weighted by Gasteiger charge is 2.14. The summed E-state index contributed by atoms with van der Waals surface area (Å²) in [6.07, 6.45) is 9.34. The molecular formula is C9H9O2-. The van der Waals surface area contributed by atoms with Gasteiger partial charge in [-0.15, -0.1) is 0 Å². The maximum atomic E-state index is 10.8. The molecule has 0 aromatic rings. The molecule has 2 aliphatic rings. The highest BCUT2D eigenvalue weighted by Crippen LogP contribution is 2.29. The summed E-state index contributed by atoms with van der Waals surface area (Å²) in [5.41, 5.74) is 0. The molecule has 1 heterocycles. The van der Waals surface area contributed by atoms with Crippen LogP contribution < -0.4 is 5.11 Å². The van der Waals surface area contributed by atoms with Crippen molar-refractivity contribution in [3.63, 3.8) is 0 Å². The number of hydrogen-bond donors (Lipinski definition) is 0. The molecule has 2 rings (SSSR count). The molecule has 0 N–H and O–H groups in total. The molecule has 0 aromatic heterocycles. The van der Waals surface area contributed by atoms with Crippen LogP contribution in [0, 0.1) is 5.92 Å². The van der Waals surface area contributed by atoms with E-state index in [4.69, 9.17) is 4.74 Å².